The third kappa shape index (κ3) is 6.31. The van der Waals surface area contributed by atoms with Gasteiger partial charge in [-0.15, -0.1) is 0 Å². The molecule has 0 fully saturated rings. The Morgan fingerprint density at radius 1 is 1.23 bits per heavy atom. The fraction of sp³-hybridized carbons (Fsp3) is 0.800. The predicted octanol–water partition coefficient (Wildman–Crippen LogP) is 1.80. The van der Waals surface area contributed by atoms with Crippen LogP contribution in [0, 0.1) is 11.8 Å². The summed E-state index contributed by atoms with van der Waals surface area (Å²) in [7, 11) is 0. The van der Waals surface area contributed by atoms with Gasteiger partial charge >= 0.3 is 5.97 Å². The lowest BCUT2D eigenvalue weighted by molar-refractivity contribution is -0.150. The first kappa shape index (κ1) is 12.1. The van der Waals surface area contributed by atoms with Gasteiger partial charge in [-0.05, 0) is 12.8 Å². The topological polar surface area (TPSA) is 43.4 Å². The summed E-state index contributed by atoms with van der Waals surface area (Å²) >= 11 is 0. The van der Waals surface area contributed by atoms with Gasteiger partial charge in [0.05, 0.1) is 12.5 Å². The largest absolute Gasteiger partial charge is 0.465 e. The molecule has 0 aromatic carbocycles. The summed E-state index contributed by atoms with van der Waals surface area (Å²) in [6, 6.07) is 0. The number of hydrogen-bond acceptors (Lipinski definition) is 3. The van der Waals surface area contributed by atoms with Gasteiger partial charge in [-0.2, -0.15) is 0 Å². The highest BCUT2D eigenvalue weighted by Crippen LogP contribution is 2.06. The van der Waals surface area contributed by atoms with Crippen LogP contribution in [0.5, 0.6) is 0 Å². The minimum atomic E-state index is -0.309. The molecule has 3 heteroatoms. The lowest BCUT2D eigenvalue weighted by Crippen LogP contribution is -2.19. The van der Waals surface area contributed by atoms with E-state index in [1.807, 2.05) is 13.8 Å². The number of rotatable bonds is 5. The molecule has 0 aromatic rings. The average Bonchev–Trinajstić information content (AvgIpc) is 1.98. The van der Waals surface area contributed by atoms with Crippen LogP contribution in [0.15, 0.2) is 0 Å². The van der Waals surface area contributed by atoms with Gasteiger partial charge in [-0.1, -0.05) is 20.8 Å². The second kappa shape index (κ2) is 5.73. The van der Waals surface area contributed by atoms with Gasteiger partial charge < -0.3 is 9.53 Å². The van der Waals surface area contributed by atoms with Crippen molar-refractivity contribution in [1.82, 2.24) is 0 Å². The Kier molecular flexibility index (Phi) is 5.35. The van der Waals surface area contributed by atoms with E-state index in [4.69, 9.17) is 4.74 Å². The molecule has 0 aromatic heterocycles. The van der Waals surface area contributed by atoms with Crippen molar-refractivity contribution in [2.75, 3.05) is 6.61 Å². The minimum Gasteiger partial charge on any atom is -0.465 e. The molecule has 0 bridgehead atoms. The Bertz CT molecular complexity index is 185. The van der Waals surface area contributed by atoms with E-state index in [1.165, 1.54) is 6.92 Å². The fourth-order valence-corrected chi connectivity index (χ4v) is 0.906. The molecule has 0 spiro atoms. The molecule has 76 valence electrons. The molecule has 0 saturated heterocycles. The number of esters is 1. The second-order valence-electron chi connectivity index (χ2n) is 3.83. The van der Waals surface area contributed by atoms with Crippen molar-refractivity contribution in [3.63, 3.8) is 0 Å². The maximum Gasteiger partial charge on any atom is 0.309 e. The molecule has 0 radical (unpaired) electrons. The van der Waals surface area contributed by atoms with Gasteiger partial charge in [0.1, 0.15) is 5.78 Å². The van der Waals surface area contributed by atoms with Crippen LogP contribution in [0.1, 0.15) is 34.1 Å². The monoisotopic (exact) mass is 186 g/mol. The number of ether oxygens (including phenoxy) is 1. The van der Waals surface area contributed by atoms with Crippen LogP contribution in [0.3, 0.4) is 0 Å². The fourth-order valence-electron chi connectivity index (χ4n) is 0.906. The average molecular weight is 186 g/mol. The molecule has 0 aliphatic carbocycles. The Morgan fingerprint density at radius 3 is 2.15 bits per heavy atom. The van der Waals surface area contributed by atoms with E-state index in [2.05, 4.69) is 0 Å². The summed E-state index contributed by atoms with van der Waals surface area (Å²) in [6.45, 7) is 7.57. The van der Waals surface area contributed by atoms with Gasteiger partial charge in [0.25, 0.3) is 0 Å². The van der Waals surface area contributed by atoms with Gasteiger partial charge in [0.2, 0.25) is 0 Å². The molecule has 0 aliphatic rings. The van der Waals surface area contributed by atoms with Crippen LogP contribution >= 0.6 is 0 Å². The van der Waals surface area contributed by atoms with E-state index in [1.54, 1.807) is 6.92 Å². The molecule has 0 amide bonds. The van der Waals surface area contributed by atoms with E-state index in [0.717, 1.165) is 0 Å². The Morgan fingerprint density at radius 2 is 1.77 bits per heavy atom. The molecule has 3 nitrogen and oxygen atoms in total. The molecule has 1 atom stereocenters. The van der Waals surface area contributed by atoms with E-state index in [-0.39, 0.29) is 24.1 Å². The van der Waals surface area contributed by atoms with E-state index < -0.39 is 0 Å². The first-order chi connectivity index (χ1) is 5.93. The van der Waals surface area contributed by atoms with Crippen LogP contribution in [0.25, 0.3) is 0 Å². The van der Waals surface area contributed by atoms with Crippen molar-refractivity contribution in [3.8, 4) is 0 Å². The molecule has 13 heavy (non-hydrogen) atoms. The first-order valence-corrected chi connectivity index (χ1v) is 4.59. The van der Waals surface area contributed by atoms with Gasteiger partial charge in [-0.25, -0.2) is 0 Å². The lowest BCUT2D eigenvalue weighted by Gasteiger charge is -2.11. The van der Waals surface area contributed by atoms with Crippen LogP contribution < -0.4 is 0 Å². The normalized spacial score (nSPS) is 12.7. The third-order valence-electron chi connectivity index (χ3n) is 1.55. The van der Waals surface area contributed by atoms with Crippen LogP contribution in [0.4, 0.5) is 0 Å². The highest BCUT2D eigenvalue weighted by Gasteiger charge is 2.16. The number of carbonyl (C=O) groups excluding carboxylic acids is 2. The number of ketones is 1. The maximum absolute atomic E-state index is 11.2. The lowest BCUT2D eigenvalue weighted by atomic mass is 10.1. The van der Waals surface area contributed by atoms with Crippen LogP contribution in [-0.2, 0) is 14.3 Å². The molecule has 1 unspecified atom stereocenters. The number of hydrogen-bond donors (Lipinski definition) is 0. The maximum atomic E-state index is 11.2. The summed E-state index contributed by atoms with van der Waals surface area (Å²) in [5.74, 6) is -0.220. The zero-order valence-corrected chi connectivity index (χ0v) is 8.79. The van der Waals surface area contributed by atoms with E-state index in [9.17, 15) is 9.59 Å². The summed E-state index contributed by atoms with van der Waals surface area (Å²) in [4.78, 5) is 21.9. The minimum absolute atomic E-state index is 0.0222. The molecule has 0 aliphatic heterocycles. The second-order valence-corrected chi connectivity index (χ2v) is 3.83. The predicted molar refractivity (Wildman–Crippen MR) is 50.3 cm³/mol. The van der Waals surface area contributed by atoms with Crippen molar-refractivity contribution in [2.24, 2.45) is 11.8 Å². The number of carbonyl (C=O) groups is 2. The van der Waals surface area contributed by atoms with Crippen LogP contribution in [0.2, 0.25) is 0 Å². The quantitative estimate of drug-likeness (QED) is 0.615. The smallest absolute Gasteiger partial charge is 0.309 e. The van der Waals surface area contributed by atoms with Crippen molar-refractivity contribution in [2.45, 2.75) is 34.1 Å². The molecular weight excluding hydrogens is 168 g/mol. The zero-order chi connectivity index (χ0) is 10.4. The summed E-state index contributed by atoms with van der Waals surface area (Å²) < 4.78 is 4.97. The molecule has 0 saturated carbocycles. The van der Waals surface area contributed by atoms with Gasteiger partial charge in [-0.3, -0.25) is 4.79 Å². The van der Waals surface area contributed by atoms with Crippen molar-refractivity contribution in [3.05, 3.63) is 0 Å². The van der Waals surface area contributed by atoms with E-state index >= 15 is 0 Å². The summed E-state index contributed by atoms with van der Waals surface area (Å²) in [5, 5.41) is 0. The Balaban J connectivity index is 3.76. The van der Waals surface area contributed by atoms with Gasteiger partial charge in [0, 0.05) is 6.42 Å². The van der Waals surface area contributed by atoms with Crippen molar-refractivity contribution >= 4 is 11.8 Å². The summed E-state index contributed by atoms with van der Waals surface area (Å²) in [5.41, 5.74) is 0. The van der Waals surface area contributed by atoms with Crippen molar-refractivity contribution < 1.29 is 14.3 Å². The summed E-state index contributed by atoms with van der Waals surface area (Å²) in [6.07, 6.45) is 0.275. The highest BCUT2D eigenvalue weighted by atomic mass is 16.5. The van der Waals surface area contributed by atoms with Gasteiger partial charge in [0.15, 0.2) is 0 Å². The third-order valence-corrected chi connectivity index (χ3v) is 1.55. The Hall–Kier alpha value is -0.860. The zero-order valence-electron chi connectivity index (χ0n) is 8.79. The Labute approximate surface area is 79.5 Å². The van der Waals surface area contributed by atoms with Crippen molar-refractivity contribution in [1.29, 1.82) is 0 Å². The van der Waals surface area contributed by atoms with Crippen LogP contribution in [-0.4, -0.2) is 18.4 Å². The standard InChI is InChI=1S/C10H18O3/c1-7(2)6-13-10(12)8(3)5-9(4)11/h7-8H,5-6H2,1-4H3. The molecule has 0 N–H and O–H groups in total. The number of Topliss-reactive ketones (excluding diaryl/α,β-unsaturated/α-hetero) is 1. The molecule has 0 rings (SSSR count). The highest BCUT2D eigenvalue weighted by molar-refractivity contribution is 5.82. The SMILES string of the molecule is CC(=O)CC(C)C(=O)OCC(C)C. The first-order valence-electron chi connectivity index (χ1n) is 4.59. The molecular formula is C10H18O3. The van der Waals surface area contributed by atoms with E-state index in [0.29, 0.717) is 12.5 Å². The molecule has 0 heterocycles.